The van der Waals surface area contributed by atoms with Crippen molar-refractivity contribution in [2.75, 3.05) is 35.3 Å². The lowest BCUT2D eigenvalue weighted by Gasteiger charge is -2.22. The summed E-state index contributed by atoms with van der Waals surface area (Å²) in [6.07, 6.45) is 9.31. The van der Waals surface area contributed by atoms with Crippen LogP contribution in [-0.4, -0.2) is 70.5 Å². The van der Waals surface area contributed by atoms with Gasteiger partial charge in [-0.3, -0.25) is 19.7 Å². The molecule has 3 aromatic heterocycles. The molecule has 0 aliphatic heterocycles. The molecule has 0 aliphatic carbocycles. The molecule has 0 unspecified atom stereocenters. The number of aromatic nitrogens is 4. The largest absolute Gasteiger partial charge is 0.487 e. The minimum absolute atomic E-state index is 0.0664. The highest BCUT2D eigenvalue weighted by molar-refractivity contribution is 7.90. The Kier molecular flexibility index (Phi) is 18.7. The number of benzene rings is 5. The summed E-state index contributed by atoms with van der Waals surface area (Å²) in [5.74, 6) is 2.05. The van der Waals surface area contributed by atoms with Gasteiger partial charge in [0, 0.05) is 66.2 Å². The Morgan fingerprint density at radius 3 is 2.22 bits per heavy atom. The van der Waals surface area contributed by atoms with Crippen molar-refractivity contribution in [1.29, 1.82) is 0 Å². The standard InChI is InChI=1S/C29H26ClFN4O4S.C24H27N5O3/c1-40(36,37)12-11-32-16-23-7-10-27(39-23)20-5-8-26-24(14-20)29(34-18-33-26)35-22-6-9-28(25(30)15-22)38-17-19-3-2-4-21(31)13-19;30-22(28-32)15-9-1-2-10-16-25-23(31)19-17-26-24(27-18-19)29(20-11-5-3-6-12-20)21-13-7-4-8-14-21/h2-10,13-15,18,32H,11-12,16-17H2,1H3,(H,33,34,35);3-8,11-14,17-18,32H,1-2,9-10,15-16H2,(H,25,31)(H,28,30). The van der Waals surface area contributed by atoms with Crippen LogP contribution in [0.1, 0.15) is 53.8 Å². The van der Waals surface area contributed by atoms with E-state index in [9.17, 15) is 22.4 Å². The number of para-hydroxylation sites is 2. The summed E-state index contributed by atoms with van der Waals surface area (Å²) in [5.41, 5.74) is 6.85. The first-order valence-electron chi connectivity index (χ1n) is 23.0. The van der Waals surface area contributed by atoms with Crippen molar-refractivity contribution in [2.24, 2.45) is 0 Å². The smallest absolute Gasteiger partial charge is 0.254 e. The minimum atomic E-state index is -3.02. The van der Waals surface area contributed by atoms with E-state index in [1.165, 1.54) is 37.1 Å². The van der Waals surface area contributed by atoms with Crippen molar-refractivity contribution in [3.05, 3.63) is 180 Å². The highest BCUT2D eigenvalue weighted by Crippen LogP contribution is 2.34. The zero-order valence-corrected chi connectivity index (χ0v) is 40.9. The molecule has 16 nitrogen and oxygen atoms in total. The number of hydrogen-bond donors (Lipinski definition) is 5. The average molecular weight is 1010 g/mol. The summed E-state index contributed by atoms with van der Waals surface area (Å²) in [4.78, 5) is 42.9. The van der Waals surface area contributed by atoms with Gasteiger partial charge in [0.1, 0.15) is 51.7 Å². The number of amides is 2. The molecule has 8 aromatic rings. The van der Waals surface area contributed by atoms with Crippen molar-refractivity contribution >= 4 is 73.0 Å². The zero-order chi connectivity index (χ0) is 50.7. The molecule has 0 saturated heterocycles. The Balaban J connectivity index is 0.000000217. The van der Waals surface area contributed by atoms with Crippen molar-refractivity contribution in [1.82, 2.24) is 36.0 Å². The topological polar surface area (TPSA) is 214 Å². The van der Waals surface area contributed by atoms with Crippen LogP contribution in [0.3, 0.4) is 0 Å². The molecule has 0 spiro atoms. The summed E-state index contributed by atoms with van der Waals surface area (Å²) in [5, 5.41) is 18.9. The summed E-state index contributed by atoms with van der Waals surface area (Å²) in [7, 11) is -3.02. The van der Waals surface area contributed by atoms with E-state index in [1.54, 1.807) is 29.7 Å². The van der Waals surface area contributed by atoms with Gasteiger partial charge in [-0.2, -0.15) is 0 Å². The van der Waals surface area contributed by atoms with Crippen LogP contribution in [0.15, 0.2) is 157 Å². The van der Waals surface area contributed by atoms with Crippen LogP contribution in [0, 0.1) is 5.82 Å². The summed E-state index contributed by atoms with van der Waals surface area (Å²) >= 11 is 6.47. The van der Waals surface area contributed by atoms with Gasteiger partial charge in [0.25, 0.3) is 5.91 Å². The summed E-state index contributed by atoms with van der Waals surface area (Å²) < 4.78 is 47.8. The molecule has 0 radical (unpaired) electrons. The highest BCUT2D eigenvalue weighted by Gasteiger charge is 2.17. The third kappa shape index (κ3) is 15.6. The van der Waals surface area contributed by atoms with Gasteiger partial charge in [0.05, 0.1) is 28.4 Å². The molecule has 0 saturated carbocycles. The number of carbonyl (C=O) groups is 2. The maximum Gasteiger partial charge on any atom is 0.254 e. The number of ether oxygens (including phenoxy) is 1. The van der Waals surface area contributed by atoms with Gasteiger partial charge in [-0.15, -0.1) is 0 Å². The van der Waals surface area contributed by atoms with Crippen LogP contribution >= 0.6 is 11.6 Å². The van der Waals surface area contributed by atoms with Gasteiger partial charge in [-0.05, 0) is 103 Å². The number of nitrogens with zero attached hydrogens (tertiary/aromatic N) is 5. The Bertz CT molecular complexity index is 3110. The van der Waals surface area contributed by atoms with Gasteiger partial charge in [-0.25, -0.2) is 38.2 Å². The molecule has 0 aliphatic rings. The number of rotatable bonds is 22. The molecule has 19 heteroatoms. The number of unbranched alkanes of at least 4 members (excludes halogenated alkanes) is 3. The van der Waals surface area contributed by atoms with E-state index in [0.717, 1.165) is 47.1 Å². The predicted octanol–water partition coefficient (Wildman–Crippen LogP) is 10.3. The maximum absolute atomic E-state index is 13.4. The van der Waals surface area contributed by atoms with E-state index in [1.807, 2.05) is 102 Å². The second-order valence-electron chi connectivity index (χ2n) is 16.4. The number of anilines is 5. The maximum atomic E-state index is 13.4. The summed E-state index contributed by atoms with van der Waals surface area (Å²) in [6.45, 7) is 1.49. The first kappa shape index (κ1) is 52.1. The average Bonchev–Trinajstić information content (AvgIpc) is 3.87. The number of halogens is 2. The number of hydrogen-bond acceptors (Lipinski definition) is 14. The second-order valence-corrected chi connectivity index (χ2v) is 19.1. The van der Waals surface area contributed by atoms with Gasteiger partial charge >= 0.3 is 0 Å². The molecular formula is C53H53ClFN9O7S. The van der Waals surface area contributed by atoms with Crippen LogP contribution in [0.5, 0.6) is 5.75 Å². The van der Waals surface area contributed by atoms with Gasteiger partial charge in [-0.1, -0.05) is 73.0 Å². The SMILES string of the molecule is CS(=O)(=O)CCNCc1ccc(-c2ccc3ncnc(Nc4ccc(OCc5cccc(F)c5)c(Cl)c4)c3c2)o1.O=C(CCCCCCNC(=O)c1cnc(N(c2ccccc2)c2ccccc2)nc1)NO. The van der Waals surface area contributed by atoms with E-state index in [2.05, 4.69) is 35.9 Å². The van der Waals surface area contributed by atoms with Gasteiger partial charge in [0.2, 0.25) is 11.9 Å². The molecule has 0 bridgehead atoms. The number of sulfone groups is 1. The van der Waals surface area contributed by atoms with E-state index < -0.39 is 9.84 Å². The lowest BCUT2D eigenvalue weighted by molar-refractivity contribution is -0.129. The fourth-order valence-electron chi connectivity index (χ4n) is 7.24. The molecule has 5 N–H and O–H groups in total. The van der Waals surface area contributed by atoms with Crippen LogP contribution in [-0.2, 0) is 27.8 Å². The quantitative estimate of drug-likeness (QED) is 0.0243. The Morgan fingerprint density at radius 1 is 0.792 bits per heavy atom. The number of hydroxylamine groups is 1. The second kappa shape index (κ2) is 25.9. The highest BCUT2D eigenvalue weighted by atomic mass is 35.5. The number of furan rings is 1. The van der Waals surface area contributed by atoms with E-state index in [-0.39, 0.29) is 30.0 Å². The Morgan fingerprint density at radius 2 is 1.53 bits per heavy atom. The Hall–Kier alpha value is -7.77. The molecule has 3 heterocycles. The molecule has 72 heavy (non-hydrogen) atoms. The third-order valence-corrected chi connectivity index (χ3v) is 12.1. The van der Waals surface area contributed by atoms with Crippen molar-refractivity contribution < 1.29 is 36.8 Å². The lowest BCUT2D eigenvalue weighted by Crippen LogP contribution is -2.25. The minimum Gasteiger partial charge on any atom is -0.487 e. The van der Waals surface area contributed by atoms with Gasteiger partial charge in [0.15, 0.2) is 0 Å². The Labute approximate surface area is 421 Å². The van der Waals surface area contributed by atoms with E-state index in [4.69, 9.17) is 26.0 Å². The fourth-order valence-corrected chi connectivity index (χ4v) is 7.99. The molecule has 2 amide bonds. The predicted molar refractivity (Wildman–Crippen MR) is 276 cm³/mol. The van der Waals surface area contributed by atoms with E-state index >= 15 is 0 Å². The third-order valence-electron chi connectivity index (χ3n) is 10.9. The number of carbonyl (C=O) groups excluding carboxylic acids is 2. The zero-order valence-electron chi connectivity index (χ0n) is 39.3. The van der Waals surface area contributed by atoms with Crippen molar-refractivity contribution in [3.63, 3.8) is 0 Å². The van der Waals surface area contributed by atoms with Gasteiger partial charge < -0.3 is 25.1 Å². The van der Waals surface area contributed by atoms with E-state index in [0.29, 0.717) is 83.3 Å². The van der Waals surface area contributed by atoms with Crippen LogP contribution in [0.2, 0.25) is 5.02 Å². The molecule has 8 rings (SSSR count). The molecule has 0 atom stereocenters. The monoisotopic (exact) mass is 1010 g/mol. The molecule has 372 valence electrons. The van der Waals surface area contributed by atoms with Crippen LogP contribution in [0.4, 0.5) is 33.2 Å². The first-order chi connectivity index (χ1) is 34.9. The molecule has 5 aromatic carbocycles. The lowest BCUT2D eigenvalue weighted by atomic mass is 10.1. The molecule has 0 fully saturated rings. The molecular weight excluding hydrogens is 961 g/mol. The van der Waals surface area contributed by atoms with Crippen LogP contribution in [0.25, 0.3) is 22.2 Å². The van der Waals surface area contributed by atoms with Crippen molar-refractivity contribution in [3.8, 4) is 17.1 Å². The number of nitrogens with one attached hydrogen (secondary N) is 4. The summed E-state index contributed by atoms with van der Waals surface area (Å²) in [6, 6.07) is 40.6. The van der Waals surface area contributed by atoms with Crippen LogP contribution < -0.4 is 31.1 Å². The fraction of sp³-hybridized carbons (Fsp3) is 0.208. The first-order valence-corrected chi connectivity index (χ1v) is 25.5. The number of fused-ring (bicyclic) bond motifs is 1. The van der Waals surface area contributed by atoms with Crippen molar-refractivity contribution in [2.45, 2.75) is 45.3 Å². The normalized spacial score (nSPS) is 11.1.